The van der Waals surface area contributed by atoms with Gasteiger partial charge in [0.1, 0.15) is 5.54 Å². The molecular weight excluding hydrogens is 356 g/mol. The Morgan fingerprint density at radius 1 is 1.38 bits per heavy atom. The molecule has 9 heteroatoms. The normalized spacial score (nSPS) is 17.3. The van der Waals surface area contributed by atoms with Gasteiger partial charge in [0.05, 0.1) is 19.6 Å². The number of carboxylic acid groups (broad SMARTS) is 1. The Labute approximate surface area is 146 Å². The predicted molar refractivity (Wildman–Crippen MR) is 90.2 cm³/mol. The first-order valence-corrected chi connectivity index (χ1v) is 9.20. The van der Waals surface area contributed by atoms with Gasteiger partial charge in [-0.25, -0.2) is 0 Å². The molecule has 7 nitrogen and oxygen atoms in total. The molecule has 0 spiro atoms. The van der Waals surface area contributed by atoms with E-state index in [9.17, 15) is 13.2 Å². The summed E-state index contributed by atoms with van der Waals surface area (Å²) < 4.78 is 35.2. The Balaban J connectivity index is 2.39. The van der Waals surface area contributed by atoms with Gasteiger partial charge in [0.25, 0.3) is 10.2 Å². The molecule has 0 unspecified atom stereocenters. The van der Waals surface area contributed by atoms with E-state index in [1.54, 1.807) is 32.9 Å². The zero-order valence-corrected chi connectivity index (χ0v) is 15.3. The first-order chi connectivity index (χ1) is 10.9. The Morgan fingerprint density at radius 2 is 2.00 bits per heavy atom. The van der Waals surface area contributed by atoms with Crippen LogP contribution in [0.1, 0.15) is 31.9 Å². The third-order valence-electron chi connectivity index (χ3n) is 3.39. The van der Waals surface area contributed by atoms with Gasteiger partial charge in [-0.3, -0.25) is 4.79 Å². The summed E-state index contributed by atoms with van der Waals surface area (Å²) in [7, 11) is -3.82. The molecule has 0 atom stereocenters. The summed E-state index contributed by atoms with van der Waals surface area (Å²) in [5.41, 5.74) is -0.648. The quantitative estimate of drug-likeness (QED) is 0.696. The second-order valence-electron chi connectivity index (χ2n) is 6.90. The summed E-state index contributed by atoms with van der Waals surface area (Å²) in [6, 6.07) is 4.78. The Hall–Kier alpha value is -1.19. The van der Waals surface area contributed by atoms with Gasteiger partial charge in [0, 0.05) is 10.6 Å². The highest BCUT2D eigenvalue weighted by molar-refractivity contribution is 7.87. The minimum atomic E-state index is -3.82. The topological polar surface area (TPSA) is 105 Å². The van der Waals surface area contributed by atoms with E-state index >= 15 is 0 Å². The number of aliphatic carboxylic acids is 1. The molecule has 24 heavy (non-hydrogen) atoms. The van der Waals surface area contributed by atoms with E-state index in [0.29, 0.717) is 16.1 Å². The lowest BCUT2D eigenvalue weighted by molar-refractivity contribution is -0.136. The molecule has 1 aromatic carbocycles. The number of rotatable bonds is 6. The van der Waals surface area contributed by atoms with Gasteiger partial charge in [-0.2, -0.15) is 17.9 Å². The highest BCUT2D eigenvalue weighted by Gasteiger charge is 2.45. The van der Waals surface area contributed by atoms with Crippen molar-refractivity contribution in [1.29, 1.82) is 0 Å². The van der Waals surface area contributed by atoms with Crippen LogP contribution in [-0.4, -0.2) is 38.2 Å². The largest absolute Gasteiger partial charge is 0.481 e. The fourth-order valence-electron chi connectivity index (χ4n) is 2.60. The summed E-state index contributed by atoms with van der Waals surface area (Å²) in [6.07, 6.45) is -0.258. The lowest BCUT2D eigenvalue weighted by Gasteiger charge is -2.43. The lowest BCUT2D eigenvalue weighted by Crippen LogP contribution is -2.63. The molecule has 0 aromatic heterocycles. The molecule has 0 bridgehead atoms. The lowest BCUT2D eigenvalue weighted by atomic mass is 9.85. The molecule has 1 saturated heterocycles. The van der Waals surface area contributed by atoms with Gasteiger partial charge in [0.2, 0.25) is 0 Å². The van der Waals surface area contributed by atoms with Gasteiger partial charge in [-0.1, -0.05) is 17.7 Å². The van der Waals surface area contributed by atoms with Crippen molar-refractivity contribution in [1.82, 2.24) is 9.44 Å². The maximum absolute atomic E-state index is 12.4. The van der Waals surface area contributed by atoms with Gasteiger partial charge in [0.15, 0.2) is 0 Å². The molecule has 1 heterocycles. The Kier molecular flexibility index (Phi) is 5.27. The smallest absolute Gasteiger partial charge is 0.307 e. The van der Waals surface area contributed by atoms with Crippen molar-refractivity contribution in [2.24, 2.45) is 0 Å². The van der Waals surface area contributed by atoms with E-state index in [0.717, 1.165) is 0 Å². The van der Waals surface area contributed by atoms with Crippen molar-refractivity contribution in [2.45, 2.75) is 38.3 Å². The molecule has 0 radical (unpaired) electrons. The first kappa shape index (κ1) is 19.1. The van der Waals surface area contributed by atoms with Crippen LogP contribution in [0.25, 0.3) is 0 Å². The van der Waals surface area contributed by atoms with E-state index in [2.05, 4.69) is 9.44 Å². The van der Waals surface area contributed by atoms with Crippen molar-refractivity contribution in [3.05, 3.63) is 34.3 Å². The second-order valence-corrected chi connectivity index (χ2v) is 8.76. The zero-order chi connectivity index (χ0) is 18.2. The van der Waals surface area contributed by atoms with Crippen molar-refractivity contribution >= 4 is 27.8 Å². The highest BCUT2D eigenvalue weighted by atomic mass is 35.5. The fraction of sp³-hybridized carbons (Fsp3) is 0.533. The highest BCUT2D eigenvalue weighted by Crippen LogP contribution is 2.34. The minimum Gasteiger partial charge on any atom is -0.481 e. The van der Waals surface area contributed by atoms with E-state index in [-0.39, 0.29) is 19.6 Å². The minimum absolute atomic E-state index is 0.117. The van der Waals surface area contributed by atoms with E-state index in [4.69, 9.17) is 21.4 Å². The van der Waals surface area contributed by atoms with Crippen molar-refractivity contribution in [3.8, 4) is 0 Å². The number of ether oxygens (including phenoxy) is 1. The predicted octanol–water partition coefficient (Wildman–Crippen LogP) is 1.42. The van der Waals surface area contributed by atoms with Gasteiger partial charge >= 0.3 is 5.97 Å². The third-order valence-corrected chi connectivity index (χ3v) is 5.17. The van der Waals surface area contributed by atoms with E-state index < -0.39 is 27.3 Å². The average Bonchev–Trinajstić information content (AvgIpc) is 2.30. The Morgan fingerprint density at radius 3 is 2.46 bits per heavy atom. The van der Waals surface area contributed by atoms with E-state index in [1.165, 1.54) is 6.07 Å². The third kappa shape index (κ3) is 4.67. The van der Waals surface area contributed by atoms with Crippen LogP contribution in [0.3, 0.4) is 0 Å². The summed E-state index contributed by atoms with van der Waals surface area (Å²) in [5.74, 6) is -1.02. The summed E-state index contributed by atoms with van der Waals surface area (Å²) in [5, 5.41) is 9.49. The summed E-state index contributed by atoms with van der Waals surface area (Å²) in [4.78, 5) is 11.1. The van der Waals surface area contributed by atoms with Crippen LogP contribution >= 0.6 is 11.6 Å². The van der Waals surface area contributed by atoms with Gasteiger partial charge in [-0.05, 0) is 44.0 Å². The van der Waals surface area contributed by atoms with Gasteiger partial charge in [-0.15, -0.1) is 0 Å². The molecule has 1 aliphatic heterocycles. The molecule has 1 fully saturated rings. The molecule has 1 aromatic rings. The number of carbonyl (C=O) groups is 1. The van der Waals surface area contributed by atoms with Crippen LogP contribution in [0.2, 0.25) is 5.02 Å². The number of nitrogens with one attached hydrogen (secondary N) is 2. The second kappa shape index (κ2) is 6.61. The van der Waals surface area contributed by atoms with Gasteiger partial charge < -0.3 is 9.84 Å². The molecule has 3 N–H and O–H groups in total. The molecular formula is C15H21ClN2O5S. The zero-order valence-electron chi connectivity index (χ0n) is 13.7. The Bertz CT molecular complexity index is 739. The summed E-state index contributed by atoms with van der Waals surface area (Å²) in [6.45, 7) is 5.43. The van der Waals surface area contributed by atoms with Crippen molar-refractivity contribution < 1.29 is 23.1 Å². The molecule has 0 saturated carbocycles. The van der Waals surface area contributed by atoms with Crippen molar-refractivity contribution in [2.75, 3.05) is 13.2 Å². The molecule has 1 aliphatic rings. The first-order valence-electron chi connectivity index (χ1n) is 7.34. The number of carboxylic acids is 1. The van der Waals surface area contributed by atoms with Crippen LogP contribution in [-0.2, 0) is 31.7 Å². The fourth-order valence-corrected chi connectivity index (χ4v) is 4.39. The monoisotopic (exact) mass is 376 g/mol. The molecule has 134 valence electrons. The average molecular weight is 377 g/mol. The maximum atomic E-state index is 12.4. The van der Waals surface area contributed by atoms with Crippen molar-refractivity contribution in [3.63, 3.8) is 0 Å². The molecule has 0 amide bonds. The van der Waals surface area contributed by atoms with Crippen LogP contribution < -0.4 is 9.44 Å². The van der Waals surface area contributed by atoms with Crippen LogP contribution in [0.4, 0.5) is 0 Å². The standard InChI is InChI=1S/C15H21ClN2O5S/c1-14(2,3)17-24(21,22)18-15(8-23-9-15)12-5-4-11(16)6-10(12)7-13(19)20/h4-6,17-18H,7-9H2,1-3H3,(H,19,20). The SMILES string of the molecule is CC(C)(C)NS(=O)(=O)NC1(c2ccc(Cl)cc2CC(=O)O)COC1. The van der Waals surface area contributed by atoms with Crippen LogP contribution in [0.15, 0.2) is 18.2 Å². The molecule has 2 rings (SSSR count). The number of benzene rings is 1. The maximum Gasteiger partial charge on any atom is 0.307 e. The number of hydrogen-bond acceptors (Lipinski definition) is 4. The summed E-state index contributed by atoms with van der Waals surface area (Å²) >= 11 is 5.96. The molecule has 0 aliphatic carbocycles. The van der Waals surface area contributed by atoms with Crippen LogP contribution in [0, 0.1) is 0 Å². The van der Waals surface area contributed by atoms with E-state index in [1.807, 2.05) is 0 Å². The number of halogens is 1. The van der Waals surface area contributed by atoms with Crippen LogP contribution in [0.5, 0.6) is 0 Å². The number of hydrogen-bond donors (Lipinski definition) is 3.